The molecule has 0 unspecified atom stereocenters. The van der Waals surface area contributed by atoms with Crippen molar-refractivity contribution in [1.82, 2.24) is 9.21 Å². The minimum atomic E-state index is -4.05. The van der Waals surface area contributed by atoms with Crippen molar-refractivity contribution in [2.45, 2.75) is 17.9 Å². The minimum absolute atomic E-state index is 0.0751. The lowest BCUT2D eigenvalue weighted by atomic mass is 10.2. The van der Waals surface area contributed by atoms with Crippen molar-refractivity contribution in [3.63, 3.8) is 0 Å². The van der Waals surface area contributed by atoms with Crippen molar-refractivity contribution in [2.24, 2.45) is 0 Å². The Morgan fingerprint density at radius 3 is 2.33 bits per heavy atom. The lowest BCUT2D eigenvalue weighted by molar-refractivity contribution is -0.387. The standard InChI is InChI=1S/C19H21FN4O5S/c1-14(19(25)21-16-7-3-2-6-15(16)20)22-10-12-23(13-11-22)30(28,29)18-9-5-4-8-17(18)24(26)27/h2-9,14H,10-13H2,1H3,(H,21,25)/t14-/m0/s1. The highest BCUT2D eigenvalue weighted by atomic mass is 32.2. The molecule has 160 valence electrons. The van der Waals surface area contributed by atoms with Crippen LogP contribution in [0.4, 0.5) is 15.8 Å². The lowest BCUT2D eigenvalue weighted by Crippen LogP contribution is -2.54. The summed E-state index contributed by atoms with van der Waals surface area (Å²) in [5, 5.41) is 13.7. The van der Waals surface area contributed by atoms with E-state index in [2.05, 4.69) is 5.32 Å². The van der Waals surface area contributed by atoms with Gasteiger partial charge in [0.1, 0.15) is 5.82 Å². The van der Waals surface area contributed by atoms with Crippen molar-refractivity contribution in [3.05, 3.63) is 64.5 Å². The summed E-state index contributed by atoms with van der Waals surface area (Å²) in [7, 11) is -4.05. The van der Waals surface area contributed by atoms with E-state index in [1.807, 2.05) is 0 Å². The second kappa shape index (κ2) is 8.86. The summed E-state index contributed by atoms with van der Waals surface area (Å²) in [4.78, 5) is 24.3. The fourth-order valence-electron chi connectivity index (χ4n) is 3.26. The molecular formula is C19H21FN4O5S. The maximum Gasteiger partial charge on any atom is 0.289 e. The number of anilines is 1. The Kier molecular flexibility index (Phi) is 6.44. The van der Waals surface area contributed by atoms with Gasteiger partial charge in [0, 0.05) is 32.2 Å². The van der Waals surface area contributed by atoms with E-state index in [0.717, 1.165) is 6.07 Å². The van der Waals surface area contributed by atoms with Crippen molar-refractivity contribution in [2.75, 3.05) is 31.5 Å². The van der Waals surface area contributed by atoms with E-state index in [1.165, 1.54) is 40.7 Å². The first-order valence-corrected chi connectivity index (χ1v) is 10.7. The number of piperazine rings is 1. The molecule has 0 aromatic heterocycles. The Hall–Kier alpha value is -2.89. The van der Waals surface area contributed by atoms with Gasteiger partial charge in [-0.15, -0.1) is 0 Å². The van der Waals surface area contributed by atoms with E-state index >= 15 is 0 Å². The van der Waals surface area contributed by atoms with Crippen molar-refractivity contribution >= 4 is 27.3 Å². The third kappa shape index (κ3) is 4.48. The molecule has 0 aliphatic carbocycles. The van der Waals surface area contributed by atoms with Crippen LogP contribution in [0.5, 0.6) is 0 Å². The van der Waals surface area contributed by atoms with E-state index in [4.69, 9.17) is 0 Å². The largest absolute Gasteiger partial charge is 0.322 e. The molecule has 1 fully saturated rings. The molecule has 2 aromatic carbocycles. The number of nitro groups is 1. The fourth-order valence-corrected chi connectivity index (χ4v) is 4.84. The van der Waals surface area contributed by atoms with Crippen LogP contribution in [-0.4, -0.2) is 60.7 Å². The Labute approximate surface area is 173 Å². The van der Waals surface area contributed by atoms with Crippen LogP contribution in [-0.2, 0) is 14.8 Å². The molecule has 30 heavy (non-hydrogen) atoms. The summed E-state index contributed by atoms with van der Waals surface area (Å²) >= 11 is 0. The monoisotopic (exact) mass is 436 g/mol. The summed E-state index contributed by atoms with van der Waals surface area (Å²) in [6.07, 6.45) is 0. The van der Waals surface area contributed by atoms with Gasteiger partial charge in [-0.3, -0.25) is 19.8 Å². The predicted molar refractivity (Wildman–Crippen MR) is 108 cm³/mol. The van der Waals surface area contributed by atoms with Crippen molar-refractivity contribution in [1.29, 1.82) is 0 Å². The average molecular weight is 436 g/mol. The van der Waals surface area contributed by atoms with Crippen LogP contribution in [0.25, 0.3) is 0 Å². The zero-order chi connectivity index (χ0) is 21.9. The number of nitro benzene ring substituents is 1. The number of carbonyl (C=O) groups excluding carboxylic acids is 1. The van der Waals surface area contributed by atoms with Gasteiger partial charge in [0.2, 0.25) is 15.9 Å². The van der Waals surface area contributed by atoms with Crippen LogP contribution in [0, 0.1) is 15.9 Å². The Morgan fingerprint density at radius 1 is 1.10 bits per heavy atom. The Balaban J connectivity index is 1.66. The van der Waals surface area contributed by atoms with Crippen LogP contribution < -0.4 is 5.32 Å². The van der Waals surface area contributed by atoms with Gasteiger partial charge < -0.3 is 5.32 Å². The summed E-state index contributed by atoms with van der Waals surface area (Å²) < 4.78 is 40.7. The van der Waals surface area contributed by atoms with Crippen LogP contribution in [0.15, 0.2) is 53.4 Å². The summed E-state index contributed by atoms with van der Waals surface area (Å²) in [6.45, 7) is 2.32. The van der Waals surface area contributed by atoms with Crippen LogP contribution in [0.2, 0.25) is 0 Å². The quantitative estimate of drug-likeness (QED) is 0.548. The number of carbonyl (C=O) groups is 1. The highest BCUT2D eigenvalue weighted by Gasteiger charge is 2.35. The normalized spacial score (nSPS) is 16.7. The van der Waals surface area contributed by atoms with E-state index in [-0.39, 0.29) is 36.8 Å². The molecule has 1 heterocycles. The van der Waals surface area contributed by atoms with Crippen molar-refractivity contribution in [3.8, 4) is 0 Å². The molecule has 1 atom stereocenters. The summed E-state index contributed by atoms with van der Waals surface area (Å²) in [5.41, 5.74) is -0.399. The Bertz CT molecular complexity index is 1050. The number of hydrogen-bond donors (Lipinski definition) is 1. The molecule has 1 aliphatic rings. The molecule has 1 amide bonds. The average Bonchev–Trinajstić information content (AvgIpc) is 2.74. The fraction of sp³-hybridized carbons (Fsp3) is 0.316. The van der Waals surface area contributed by atoms with E-state index in [1.54, 1.807) is 17.9 Å². The van der Waals surface area contributed by atoms with E-state index < -0.39 is 38.4 Å². The van der Waals surface area contributed by atoms with Crippen LogP contribution in [0.1, 0.15) is 6.92 Å². The van der Waals surface area contributed by atoms with Gasteiger partial charge in [-0.2, -0.15) is 4.31 Å². The number of nitrogens with zero attached hydrogens (tertiary/aromatic N) is 3. The molecule has 0 spiro atoms. The first-order valence-electron chi connectivity index (χ1n) is 9.25. The number of nitrogens with one attached hydrogen (secondary N) is 1. The second-order valence-electron chi connectivity index (χ2n) is 6.81. The third-order valence-electron chi connectivity index (χ3n) is 5.01. The zero-order valence-electron chi connectivity index (χ0n) is 16.2. The van der Waals surface area contributed by atoms with Gasteiger partial charge in [-0.05, 0) is 25.1 Å². The van der Waals surface area contributed by atoms with Crippen molar-refractivity contribution < 1.29 is 22.5 Å². The SMILES string of the molecule is C[C@@H](C(=O)Nc1ccccc1F)N1CCN(S(=O)(=O)c2ccccc2[N+](=O)[O-])CC1. The maximum absolute atomic E-state index is 13.7. The van der Waals surface area contributed by atoms with Gasteiger partial charge >= 0.3 is 0 Å². The lowest BCUT2D eigenvalue weighted by Gasteiger charge is -2.36. The first-order chi connectivity index (χ1) is 14.2. The van der Waals surface area contributed by atoms with Gasteiger partial charge in [0.25, 0.3) is 5.69 Å². The molecule has 0 bridgehead atoms. The number of sulfonamides is 1. The molecular weight excluding hydrogens is 415 g/mol. The van der Waals surface area contributed by atoms with Gasteiger partial charge in [-0.25, -0.2) is 12.8 Å². The number of hydrogen-bond acceptors (Lipinski definition) is 6. The summed E-state index contributed by atoms with van der Waals surface area (Å²) in [6, 6.07) is 10.4. The molecule has 9 nitrogen and oxygen atoms in total. The summed E-state index contributed by atoms with van der Waals surface area (Å²) in [5.74, 6) is -0.950. The van der Waals surface area contributed by atoms with E-state index in [9.17, 15) is 27.7 Å². The van der Waals surface area contributed by atoms with Gasteiger partial charge in [0.05, 0.1) is 16.7 Å². The number of rotatable bonds is 6. The molecule has 1 N–H and O–H groups in total. The predicted octanol–water partition coefficient (Wildman–Crippen LogP) is 2.07. The highest BCUT2D eigenvalue weighted by Crippen LogP contribution is 2.27. The molecule has 1 saturated heterocycles. The topological polar surface area (TPSA) is 113 Å². The van der Waals surface area contributed by atoms with Gasteiger partial charge in [0.15, 0.2) is 4.90 Å². The molecule has 0 radical (unpaired) electrons. The molecule has 0 saturated carbocycles. The zero-order valence-corrected chi connectivity index (χ0v) is 17.0. The third-order valence-corrected chi connectivity index (χ3v) is 6.96. The van der Waals surface area contributed by atoms with Gasteiger partial charge in [-0.1, -0.05) is 24.3 Å². The number of amides is 1. The van der Waals surface area contributed by atoms with E-state index in [0.29, 0.717) is 0 Å². The number of halogens is 1. The Morgan fingerprint density at radius 2 is 1.70 bits per heavy atom. The van der Waals surface area contributed by atoms with Crippen LogP contribution >= 0.6 is 0 Å². The molecule has 2 aromatic rings. The smallest absolute Gasteiger partial charge is 0.289 e. The van der Waals surface area contributed by atoms with Crippen LogP contribution in [0.3, 0.4) is 0 Å². The molecule has 1 aliphatic heterocycles. The highest BCUT2D eigenvalue weighted by molar-refractivity contribution is 7.89. The minimum Gasteiger partial charge on any atom is -0.322 e. The maximum atomic E-state index is 13.7. The number of benzene rings is 2. The first kappa shape index (κ1) is 21.8. The molecule has 3 rings (SSSR count). The number of para-hydroxylation sites is 2. The molecule has 11 heteroatoms. The second-order valence-corrected chi connectivity index (χ2v) is 8.72.